The lowest BCUT2D eigenvalue weighted by molar-refractivity contribution is -0.384. The lowest BCUT2D eigenvalue weighted by atomic mass is 10.1. The second-order valence-electron chi connectivity index (χ2n) is 7.11. The number of amides is 2. The van der Waals surface area contributed by atoms with Gasteiger partial charge in [0.2, 0.25) is 0 Å². The number of aryl methyl sites for hydroxylation is 2. The molecule has 0 saturated heterocycles. The van der Waals surface area contributed by atoms with Crippen LogP contribution in [0.15, 0.2) is 76.9 Å². The average molecular weight is 494 g/mol. The molecule has 0 atom stereocenters. The molecule has 0 spiro atoms. The number of nitrogens with one attached hydrogen (secondary N) is 2. The number of hydrogen-bond acceptors (Lipinski definition) is 4. The zero-order chi connectivity index (χ0) is 23.3. The molecule has 0 bridgehead atoms. The number of nitro benzene ring substituents is 1. The summed E-state index contributed by atoms with van der Waals surface area (Å²) in [5, 5.41) is 16.4. The van der Waals surface area contributed by atoms with E-state index in [4.69, 9.17) is 0 Å². The first kappa shape index (κ1) is 22.9. The highest BCUT2D eigenvalue weighted by Gasteiger charge is 2.17. The normalized spacial score (nSPS) is 11.0. The Morgan fingerprint density at radius 1 is 1.00 bits per heavy atom. The van der Waals surface area contributed by atoms with Crippen LogP contribution in [-0.2, 0) is 4.79 Å². The summed E-state index contributed by atoms with van der Waals surface area (Å²) in [7, 11) is 0. The van der Waals surface area contributed by atoms with Gasteiger partial charge in [0, 0.05) is 22.3 Å². The Bertz CT molecular complexity index is 1220. The van der Waals surface area contributed by atoms with E-state index in [0.717, 1.165) is 11.1 Å². The number of non-ortho nitro benzene ring substituents is 1. The molecule has 0 saturated carbocycles. The molecular weight excluding hydrogens is 474 g/mol. The standard InChI is InChI=1S/C24H20BrN3O4/c1-15-7-12-21(16(2)13-15)26-24(30)22(14-17-8-10-18(11-9-17)28(31)32)27-23(29)19-5-3-4-6-20(19)25/h3-14H,1-2H3,(H,26,30)(H,27,29)/b22-14+. The van der Waals surface area contributed by atoms with Crippen molar-refractivity contribution < 1.29 is 14.5 Å². The number of benzene rings is 3. The van der Waals surface area contributed by atoms with Gasteiger partial charge in [-0.25, -0.2) is 0 Å². The fourth-order valence-electron chi connectivity index (χ4n) is 3.00. The average Bonchev–Trinajstić information content (AvgIpc) is 2.75. The number of carbonyl (C=O) groups is 2. The zero-order valence-corrected chi connectivity index (χ0v) is 19.0. The van der Waals surface area contributed by atoms with Crippen molar-refractivity contribution in [2.24, 2.45) is 0 Å². The number of rotatable bonds is 6. The largest absolute Gasteiger partial charge is 0.320 e. The Hall–Kier alpha value is -3.78. The Balaban J connectivity index is 1.94. The SMILES string of the molecule is Cc1ccc(NC(=O)/C(=C\c2ccc([N+](=O)[O-])cc2)NC(=O)c2ccccc2Br)c(C)c1. The van der Waals surface area contributed by atoms with E-state index in [-0.39, 0.29) is 11.4 Å². The highest BCUT2D eigenvalue weighted by atomic mass is 79.9. The van der Waals surface area contributed by atoms with Gasteiger partial charge in [0.1, 0.15) is 5.70 Å². The van der Waals surface area contributed by atoms with Crippen LogP contribution in [0.3, 0.4) is 0 Å². The van der Waals surface area contributed by atoms with E-state index < -0.39 is 16.7 Å². The van der Waals surface area contributed by atoms with Gasteiger partial charge in [0.25, 0.3) is 17.5 Å². The molecule has 3 aromatic carbocycles. The summed E-state index contributed by atoms with van der Waals surface area (Å²) in [6.07, 6.45) is 1.47. The highest BCUT2D eigenvalue weighted by Crippen LogP contribution is 2.20. The lowest BCUT2D eigenvalue weighted by Crippen LogP contribution is -2.31. The van der Waals surface area contributed by atoms with Crippen LogP contribution in [0.2, 0.25) is 0 Å². The zero-order valence-electron chi connectivity index (χ0n) is 17.4. The van der Waals surface area contributed by atoms with E-state index >= 15 is 0 Å². The highest BCUT2D eigenvalue weighted by molar-refractivity contribution is 9.10. The first-order valence-electron chi connectivity index (χ1n) is 9.65. The summed E-state index contributed by atoms with van der Waals surface area (Å²) in [6.45, 7) is 3.83. The lowest BCUT2D eigenvalue weighted by Gasteiger charge is -2.13. The second-order valence-corrected chi connectivity index (χ2v) is 7.97. The Morgan fingerprint density at radius 2 is 1.69 bits per heavy atom. The molecule has 3 aromatic rings. The van der Waals surface area contributed by atoms with E-state index in [2.05, 4.69) is 26.6 Å². The molecule has 8 heteroatoms. The maximum absolute atomic E-state index is 13.1. The summed E-state index contributed by atoms with van der Waals surface area (Å²) in [5.74, 6) is -0.989. The van der Waals surface area contributed by atoms with E-state index in [1.54, 1.807) is 30.3 Å². The summed E-state index contributed by atoms with van der Waals surface area (Å²) in [6, 6.07) is 18.1. The van der Waals surface area contributed by atoms with E-state index in [1.165, 1.54) is 30.3 Å². The Labute approximate surface area is 193 Å². The van der Waals surface area contributed by atoms with Crippen molar-refractivity contribution >= 4 is 45.2 Å². The molecule has 7 nitrogen and oxygen atoms in total. The van der Waals surface area contributed by atoms with Crippen LogP contribution >= 0.6 is 15.9 Å². The molecular formula is C24H20BrN3O4. The van der Waals surface area contributed by atoms with Gasteiger partial charge in [-0.3, -0.25) is 19.7 Å². The van der Waals surface area contributed by atoms with Crippen molar-refractivity contribution in [1.82, 2.24) is 5.32 Å². The van der Waals surface area contributed by atoms with Crippen LogP contribution in [0.4, 0.5) is 11.4 Å². The third-order valence-corrected chi connectivity index (χ3v) is 5.35. The number of nitrogens with zero attached hydrogens (tertiary/aromatic N) is 1. The molecule has 0 aliphatic heterocycles. The van der Waals surface area contributed by atoms with Crippen LogP contribution < -0.4 is 10.6 Å². The summed E-state index contributed by atoms with van der Waals surface area (Å²) in [5.41, 5.74) is 3.37. The fraction of sp³-hybridized carbons (Fsp3) is 0.0833. The minimum atomic E-state index is -0.518. The van der Waals surface area contributed by atoms with Crippen LogP contribution in [0.5, 0.6) is 0 Å². The van der Waals surface area contributed by atoms with E-state index in [0.29, 0.717) is 21.3 Å². The first-order chi connectivity index (χ1) is 15.2. The molecule has 0 aromatic heterocycles. The maximum Gasteiger partial charge on any atom is 0.272 e. The van der Waals surface area contributed by atoms with Gasteiger partial charge in [-0.2, -0.15) is 0 Å². The molecule has 0 unspecified atom stereocenters. The van der Waals surface area contributed by atoms with Crippen molar-refractivity contribution in [1.29, 1.82) is 0 Å². The minimum Gasteiger partial charge on any atom is -0.320 e. The van der Waals surface area contributed by atoms with Gasteiger partial charge in [-0.15, -0.1) is 0 Å². The summed E-state index contributed by atoms with van der Waals surface area (Å²) < 4.78 is 0.585. The van der Waals surface area contributed by atoms with Gasteiger partial charge in [0.05, 0.1) is 10.5 Å². The van der Waals surface area contributed by atoms with E-state index in [9.17, 15) is 19.7 Å². The van der Waals surface area contributed by atoms with Crippen LogP contribution in [0, 0.1) is 24.0 Å². The predicted octanol–water partition coefficient (Wildman–Crippen LogP) is 5.38. The quantitative estimate of drug-likeness (QED) is 0.273. The molecule has 0 fully saturated rings. The number of carbonyl (C=O) groups excluding carboxylic acids is 2. The Morgan fingerprint density at radius 3 is 2.31 bits per heavy atom. The van der Waals surface area contributed by atoms with Crippen LogP contribution in [-0.4, -0.2) is 16.7 Å². The molecule has 162 valence electrons. The smallest absolute Gasteiger partial charge is 0.272 e. The fourth-order valence-corrected chi connectivity index (χ4v) is 3.46. The molecule has 0 radical (unpaired) electrons. The monoisotopic (exact) mass is 493 g/mol. The number of anilines is 1. The van der Waals surface area contributed by atoms with Gasteiger partial charge in [-0.05, 0) is 77.3 Å². The van der Waals surface area contributed by atoms with E-state index in [1.807, 2.05) is 26.0 Å². The number of nitro groups is 1. The molecule has 0 aliphatic rings. The Kier molecular flexibility index (Phi) is 7.17. The van der Waals surface area contributed by atoms with Gasteiger partial charge in [0.15, 0.2) is 0 Å². The molecule has 0 aliphatic carbocycles. The van der Waals surface area contributed by atoms with Crippen LogP contribution in [0.1, 0.15) is 27.0 Å². The third kappa shape index (κ3) is 5.67. The minimum absolute atomic E-state index is 0.000388. The summed E-state index contributed by atoms with van der Waals surface area (Å²) >= 11 is 3.34. The molecule has 2 N–H and O–H groups in total. The third-order valence-electron chi connectivity index (χ3n) is 4.66. The molecule has 0 heterocycles. The second kappa shape index (κ2) is 10.0. The maximum atomic E-state index is 13.1. The van der Waals surface area contributed by atoms with Gasteiger partial charge < -0.3 is 10.6 Å². The molecule has 3 rings (SSSR count). The molecule has 32 heavy (non-hydrogen) atoms. The van der Waals surface area contributed by atoms with Crippen molar-refractivity contribution in [3.8, 4) is 0 Å². The van der Waals surface area contributed by atoms with Crippen molar-refractivity contribution in [2.45, 2.75) is 13.8 Å². The molecule has 2 amide bonds. The number of halogens is 1. The first-order valence-corrected chi connectivity index (χ1v) is 10.4. The topological polar surface area (TPSA) is 101 Å². The van der Waals surface area contributed by atoms with Gasteiger partial charge >= 0.3 is 0 Å². The van der Waals surface area contributed by atoms with Gasteiger partial charge in [-0.1, -0.05) is 29.8 Å². The number of hydrogen-bond donors (Lipinski definition) is 2. The van der Waals surface area contributed by atoms with Crippen molar-refractivity contribution in [2.75, 3.05) is 5.32 Å². The van der Waals surface area contributed by atoms with Crippen molar-refractivity contribution in [3.63, 3.8) is 0 Å². The van der Waals surface area contributed by atoms with Crippen molar-refractivity contribution in [3.05, 3.63) is 109 Å². The van der Waals surface area contributed by atoms with Crippen LogP contribution in [0.25, 0.3) is 6.08 Å². The summed E-state index contributed by atoms with van der Waals surface area (Å²) in [4.78, 5) is 36.3. The predicted molar refractivity (Wildman–Crippen MR) is 127 cm³/mol.